The van der Waals surface area contributed by atoms with Gasteiger partial charge in [-0.15, -0.1) is 12.4 Å². The minimum Gasteiger partial charge on any atom is -0.341 e. The van der Waals surface area contributed by atoms with Gasteiger partial charge in [0.1, 0.15) is 0 Å². The second-order valence-electron chi connectivity index (χ2n) is 7.36. The molecule has 0 aliphatic carbocycles. The van der Waals surface area contributed by atoms with Gasteiger partial charge in [0.15, 0.2) is 0 Å². The van der Waals surface area contributed by atoms with Crippen LogP contribution in [0.25, 0.3) is 0 Å². The molecule has 2 aromatic carbocycles. The number of rotatable bonds is 8. The average Bonchev–Trinajstić information content (AvgIpc) is 2.72. The van der Waals surface area contributed by atoms with Gasteiger partial charge in [-0.25, -0.2) is 0 Å². The molecule has 1 unspecified atom stereocenters. The summed E-state index contributed by atoms with van der Waals surface area (Å²) in [6.07, 6.45) is 2.10. The molecule has 0 aromatic heterocycles. The van der Waals surface area contributed by atoms with Crippen molar-refractivity contribution in [2.75, 3.05) is 26.7 Å². The lowest BCUT2D eigenvalue weighted by Gasteiger charge is -2.33. The van der Waals surface area contributed by atoms with Gasteiger partial charge >= 0.3 is 0 Å². The molecule has 1 atom stereocenters. The van der Waals surface area contributed by atoms with Crippen LogP contribution < -0.4 is 5.32 Å². The van der Waals surface area contributed by atoms with Gasteiger partial charge in [-0.3, -0.25) is 9.59 Å². The lowest BCUT2D eigenvalue weighted by molar-refractivity contribution is -0.140. The summed E-state index contributed by atoms with van der Waals surface area (Å²) in [5.41, 5.74) is 2.38. The van der Waals surface area contributed by atoms with E-state index in [2.05, 4.69) is 17.4 Å². The van der Waals surface area contributed by atoms with Gasteiger partial charge in [-0.2, -0.15) is 0 Å². The molecule has 1 saturated heterocycles. The van der Waals surface area contributed by atoms with Crippen LogP contribution in [0.15, 0.2) is 60.7 Å². The molecule has 1 aliphatic rings. The number of nitrogens with zero attached hydrogens (tertiary/aromatic N) is 2. The summed E-state index contributed by atoms with van der Waals surface area (Å²) in [7, 11) is 1.79. The van der Waals surface area contributed by atoms with E-state index in [1.165, 1.54) is 5.56 Å². The van der Waals surface area contributed by atoms with Gasteiger partial charge in [-0.05, 0) is 24.0 Å². The van der Waals surface area contributed by atoms with Crippen molar-refractivity contribution in [2.24, 2.45) is 0 Å². The van der Waals surface area contributed by atoms with Crippen molar-refractivity contribution in [3.8, 4) is 0 Å². The van der Waals surface area contributed by atoms with Gasteiger partial charge in [-0.1, -0.05) is 60.7 Å². The largest absolute Gasteiger partial charge is 0.341 e. The van der Waals surface area contributed by atoms with Gasteiger partial charge < -0.3 is 15.1 Å². The smallest absolute Gasteiger partial charge is 0.240 e. The minimum atomic E-state index is -0.420. The van der Waals surface area contributed by atoms with E-state index in [4.69, 9.17) is 0 Å². The summed E-state index contributed by atoms with van der Waals surface area (Å²) in [5.74, 6) is 0.0293. The number of hydrogen-bond acceptors (Lipinski definition) is 3. The zero-order valence-electron chi connectivity index (χ0n) is 16.9. The second-order valence-corrected chi connectivity index (χ2v) is 7.36. The highest BCUT2D eigenvalue weighted by Crippen LogP contribution is 2.11. The van der Waals surface area contributed by atoms with Crippen LogP contribution in [0.1, 0.15) is 24.0 Å². The van der Waals surface area contributed by atoms with E-state index >= 15 is 0 Å². The highest BCUT2D eigenvalue weighted by atomic mass is 35.5. The van der Waals surface area contributed by atoms with E-state index in [0.29, 0.717) is 13.1 Å². The van der Waals surface area contributed by atoms with E-state index in [9.17, 15) is 9.59 Å². The highest BCUT2D eigenvalue weighted by Gasteiger charge is 2.30. The zero-order valence-corrected chi connectivity index (χ0v) is 17.7. The van der Waals surface area contributed by atoms with Crippen molar-refractivity contribution in [3.63, 3.8) is 0 Å². The van der Waals surface area contributed by atoms with E-state index in [0.717, 1.165) is 31.5 Å². The van der Waals surface area contributed by atoms with E-state index in [-0.39, 0.29) is 30.6 Å². The normalized spacial score (nSPS) is 16.2. The third kappa shape index (κ3) is 6.87. The maximum Gasteiger partial charge on any atom is 0.240 e. The SMILES string of the molecule is CN(Cc1ccccc1)C(=O)CC1NCCN(CCCc2ccccc2)C1=O.Cl. The van der Waals surface area contributed by atoms with E-state index < -0.39 is 6.04 Å². The highest BCUT2D eigenvalue weighted by molar-refractivity contribution is 5.88. The van der Waals surface area contributed by atoms with Gasteiger partial charge in [0.05, 0.1) is 12.5 Å². The predicted octanol–water partition coefficient (Wildman–Crippen LogP) is 2.89. The van der Waals surface area contributed by atoms with Crippen molar-refractivity contribution in [2.45, 2.75) is 31.8 Å². The third-order valence-electron chi connectivity index (χ3n) is 5.19. The Kier molecular flexibility index (Phi) is 9.16. The Hall–Kier alpha value is -2.37. The Morgan fingerprint density at radius 3 is 2.34 bits per heavy atom. The first-order valence-corrected chi connectivity index (χ1v) is 9.97. The minimum absolute atomic E-state index is 0. The number of hydrogen-bond donors (Lipinski definition) is 1. The molecule has 1 aliphatic heterocycles. The van der Waals surface area contributed by atoms with Crippen molar-refractivity contribution in [3.05, 3.63) is 71.8 Å². The first-order valence-electron chi connectivity index (χ1n) is 9.97. The topological polar surface area (TPSA) is 52.7 Å². The predicted molar refractivity (Wildman–Crippen MR) is 118 cm³/mol. The summed E-state index contributed by atoms with van der Waals surface area (Å²) >= 11 is 0. The van der Waals surface area contributed by atoms with E-state index in [1.807, 2.05) is 53.4 Å². The fourth-order valence-electron chi connectivity index (χ4n) is 3.57. The number of carbonyl (C=O) groups excluding carboxylic acids is 2. The molecule has 156 valence electrons. The maximum atomic E-state index is 12.8. The molecule has 2 amide bonds. The Morgan fingerprint density at radius 2 is 1.69 bits per heavy atom. The summed E-state index contributed by atoms with van der Waals surface area (Å²) in [4.78, 5) is 28.9. The maximum absolute atomic E-state index is 12.8. The summed E-state index contributed by atoms with van der Waals surface area (Å²) < 4.78 is 0. The van der Waals surface area contributed by atoms with Gasteiger partial charge in [0.25, 0.3) is 0 Å². The van der Waals surface area contributed by atoms with Crippen LogP contribution in [0.3, 0.4) is 0 Å². The zero-order chi connectivity index (χ0) is 19.8. The quantitative estimate of drug-likeness (QED) is 0.721. The molecule has 1 heterocycles. The Labute approximate surface area is 179 Å². The molecule has 2 aromatic rings. The molecular weight excluding hydrogens is 386 g/mol. The first kappa shape index (κ1) is 22.9. The molecule has 0 bridgehead atoms. The average molecular weight is 416 g/mol. The molecule has 1 fully saturated rings. The molecular formula is C23H30ClN3O2. The van der Waals surface area contributed by atoms with Crippen LogP contribution in [0.4, 0.5) is 0 Å². The van der Waals surface area contributed by atoms with Crippen molar-refractivity contribution >= 4 is 24.2 Å². The fourth-order valence-corrected chi connectivity index (χ4v) is 3.57. The van der Waals surface area contributed by atoms with Crippen molar-refractivity contribution in [1.82, 2.24) is 15.1 Å². The Morgan fingerprint density at radius 1 is 1.07 bits per heavy atom. The Balaban J connectivity index is 0.00000300. The molecule has 0 saturated carbocycles. The summed E-state index contributed by atoms with van der Waals surface area (Å²) in [6.45, 7) is 2.73. The number of halogens is 1. The summed E-state index contributed by atoms with van der Waals surface area (Å²) in [6, 6.07) is 19.8. The van der Waals surface area contributed by atoms with Gasteiger partial charge in [0, 0.05) is 33.2 Å². The molecule has 3 rings (SSSR count). The third-order valence-corrected chi connectivity index (χ3v) is 5.19. The van der Waals surface area contributed by atoms with E-state index in [1.54, 1.807) is 11.9 Å². The number of piperazine rings is 1. The van der Waals surface area contributed by atoms with Crippen molar-refractivity contribution < 1.29 is 9.59 Å². The van der Waals surface area contributed by atoms with Crippen molar-refractivity contribution in [1.29, 1.82) is 0 Å². The molecule has 6 heteroatoms. The van der Waals surface area contributed by atoms with Crippen LogP contribution in [0, 0.1) is 0 Å². The van der Waals surface area contributed by atoms with Crippen LogP contribution in [-0.2, 0) is 22.6 Å². The molecule has 5 nitrogen and oxygen atoms in total. The van der Waals surface area contributed by atoms with Crippen LogP contribution >= 0.6 is 12.4 Å². The number of carbonyl (C=O) groups is 2. The first-order chi connectivity index (χ1) is 13.6. The lowest BCUT2D eigenvalue weighted by Crippen LogP contribution is -2.56. The van der Waals surface area contributed by atoms with Gasteiger partial charge in [0.2, 0.25) is 11.8 Å². The molecule has 0 radical (unpaired) electrons. The second kappa shape index (κ2) is 11.6. The van der Waals surface area contributed by atoms with Crippen LogP contribution in [0.5, 0.6) is 0 Å². The summed E-state index contributed by atoms with van der Waals surface area (Å²) in [5, 5.41) is 3.22. The standard InChI is InChI=1S/C23H29N3O2.ClH/c1-25(18-20-11-6-3-7-12-20)22(27)17-21-23(28)26(16-14-24-21)15-8-13-19-9-4-2-5-10-19;/h2-7,9-12,21,24H,8,13-18H2,1H3;1H. The molecule has 1 N–H and O–H groups in total. The number of benzene rings is 2. The number of nitrogens with one attached hydrogen (secondary N) is 1. The monoisotopic (exact) mass is 415 g/mol. The number of amides is 2. The lowest BCUT2D eigenvalue weighted by atomic mass is 10.1. The molecule has 29 heavy (non-hydrogen) atoms. The van der Waals surface area contributed by atoms with Crippen LogP contribution in [0.2, 0.25) is 0 Å². The van der Waals surface area contributed by atoms with Crippen LogP contribution in [-0.4, -0.2) is 54.3 Å². The number of aryl methyl sites for hydroxylation is 1. The molecule has 0 spiro atoms. The Bertz CT molecular complexity index is 770. The fraction of sp³-hybridized carbons (Fsp3) is 0.391.